The Morgan fingerprint density at radius 2 is 1.41 bits per heavy atom. The van der Waals surface area contributed by atoms with Crippen molar-refractivity contribution in [3.8, 4) is 0 Å². The van der Waals surface area contributed by atoms with Gasteiger partial charge in [0.25, 0.3) is 0 Å². The van der Waals surface area contributed by atoms with E-state index in [2.05, 4.69) is 13.8 Å². The highest BCUT2D eigenvalue weighted by Crippen LogP contribution is 2.57. The van der Waals surface area contributed by atoms with Gasteiger partial charge in [0.2, 0.25) is 0 Å². The maximum atomic E-state index is 14.2. The van der Waals surface area contributed by atoms with E-state index in [1.54, 1.807) is 12.1 Å². The molecule has 1 saturated carbocycles. The van der Waals surface area contributed by atoms with Crippen molar-refractivity contribution < 1.29 is 23.0 Å². The third-order valence-electron chi connectivity index (χ3n) is 7.79. The molecule has 0 amide bonds. The van der Waals surface area contributed by atoms with Crippen LogP contribution in [0.5, 0.6) is 0 Å². The minimum absolute atomic E-state index is 0.280. The Hall–Kier alpha value is -0.950. The summed E-state index contributed by atoms with van der Waals surface area (Å²) >= 11 is 0. The summed E-state index contributed by atoms with van der Waals surface area (Å²) in [6.45, 7) is 5.60. The molecule has 1 N–H and O–H groups in total. The van der Waals surface area contributed by atoms with Gasteiger partial charge in [0.05, 0.1) is 22.9 Å². The minimum Gasteiger partial charge on any atom is -0.396 e. The molecule has 1 atom stereocenters. The Labute approximate surface area is 194 Å². The highest BCUT2D eigenvalue weighted by molar-refractivity contribution is 7.93. The summed E-state index contributed by atoms with van der Waals surface area (Å²) in [6.07, 6.45) is 11.1. The van der Waals surface area contributed by atoms with E-state index in [4.69, 9.17) is 14.6 Å². The topological polar surface area (TPSA) is 72.8 Å². The first-order valence-corrected chi connectivity index (χ1v) is 14.0. The predicted molar refractivity (Wildman–Crippen MR) is 127 cm³/mol. The van der Waals surface area contributed by atoms with Crippen LogP contribution in [0.4, 0.5) is 0 Å². The molecule has 5 nitrogen and oxygen atoms in total. The Kier molecular flexibility index (Phi) is 8.81. The molecule has 182 valence electrons. The van der Waals surface area contributed by atoms with E-state index in [0.29, 0.717) is 31.0 Å². The molecule has 0 radical (unpaired) electrons. The van der Waals surface area contributed by atoms with Gasteiger partial charge >= 0.3 is 0 Å². The second kappa shape index (κ2) is 11.0. The van der Waals surface area contributed by atoms with Gasteiger partial charge in [0.1, 0.15) is 0 Å². The summed E-state index contributed by atoms with van der Waals surface area (Å²) in [5.41, 5.74) is -0.369. The van der Waals surface area contributed by atoms with E-state index < -0.39 is 20.4 Å². The Morgan fingerprint density at radius 3 is 2.00 bits per heavy atom. The molecular formula is C26H42O5S. The molecule has 32 heavy (non-hydrogen) atoms. The fourth-order valence-electron chi connectivity index (χ4n) is 5.67. The molecule has 1 heterocycles. The number of hydrogen-bond acceptors (Lipinski definition) is 5. The monoisotopic (exact) mass is 466 g/mol. The number of ether oxygens (including phenoxy) is 2. The first kappa shape index (κ1) is 25.7. The van der Waals surface area contributed by atoms with Gasteiger partial charge in [-0.3, -0.25) is 0 Å². The quantitative estimate of drug-likeness (QED) is 0.403. The number of benzene rings is 1. The Bertz CT molecular complexity index is 799. The summed E-state index contributed by atoms with van der Waals surface area (Å²) in [5, 5.41) is 8.89. The minimum atomic E-state index is -3.59. The van der Waals surface area contributed by atoms with Crippen LogP contribution < -0.4 is 0 Å². The van der Waals surface area contributed by atoms with Gasteiger partial charge in [-0.05, 0) is 36.8 Å². The van der Waals surface area contributed by atoms with Crippen LogP contribution in [0.3, 0.4) is 0 Å². The molecule has 1 saturated heterocycles. The van der Waals surface area contributed by atoms with Gasteiger partial charge in [0, 0.05) is 19.4 Å². The standard InChI is InChI=1S/C26H42O5S/c1-24(2)17-18-26(30-20-21-31-26)22-25(24,32(28,29)23-14-10-9-11-15-23)16-12-7-5-3-4-6-8-13-19-27/h9-11,14-15,27H,3-8,12-13,16-22H2,1-2H3. The van der Waals surface area contributed by atoms with E-state index in [-0.39, 0.29) is 12.0 Å². The average molecular weight is 467 g/mol. The summed E-state index contributed by atoms with van der Waals surface area (Å²) in [6, 6.07) is 8.95. The van der Waals surface area contributed by atoms with Crippen LogP contribution in [0.15, 0.2) is 35.2 Å². The fourth-order valence-corrected chi connectivity index (χ4v) is 8.28. The van der Waals surface area contributed by atoms with Gasteiger partial charge in [-0.15, -0.1) is 0 Å². The number of aliphatic hydroxyl groups excluding tert-OH is 1. The second-order valence-electron chi connectivity index (χ2n) is 10.3. The molecule has 1 aliphatic heterocycles. The van der Waals surface area contributed by atoms with Crippen LogP contribution in [0.25, 0.3) is 0 Å². The van der Waals surface area contributed by atoms with Gasteiger partial charge in [-0.2, -0.15) is 0 Å². The van der Waals surface area contributed by atoms with Crippen LogP contribution in [0.2, 0.25) is 0 Å². The number of unbranched alkanes of at least 4 members (excludes halogenated alkanes) is 7. The van der Waals surface area contributed by atoms with Crippen molar-refractivity contribution in [1.29, 1.82) is 0 Å². The van der Waals surface area contributed by atoms with Crippen molar-refractivity contribution in [2.24, 2.45) is 5.41 Å². The molecule has 3 rings (SSSR count). The second-order valence-corrected chi connectivity index (χ2v) is 12.5. The van der Waals surface area contributed by atoms with E-state index >= 15 is 0 Å². The number of rotatable bonds is 12. The predicted octanol–water partition coefficient (Wildman–Crippen LogP) is 5.66. The molecule has 1 spiro atoms. The van der Waals surface area contributed by atoms with Crippen molar-refractivity contribution in [2.45, 2.75) is 106 Å². The van der Waals surface area contributed by atoms with Crippen LogP contribution in [-0.2, 0) is 19.3 Å². The number of aliphatic hydroxyl groups is 1. The van der Waals surface area contributed by atoms with Crippen LogP contribution in [0.1, 0.15) is 90.9 Å². The van der Waals surface area contributed by atoms with Gasteiger partial charge in [-0.1, -0.05) is 77.0 Å². The van der Waals surface area contributed by atoms with Crippen LogP contribution in [0, 0.1) is 5.41 Å². The lowest BCUT2D eigenvalue weighted by atomic mass is 9.64. The average Bonchev–Trinajstić information content (AvgIpc) is 3.24. The van der Waals surface area contributed by atoms with Crippen LogP contribution >= 0.6 is 0 Å². The molecule has 1 unspecified atom stereocenters. The fraction of sp³-hybridized carbons (Fsp3) is 0.769. The summed E-state index contributed by atoms with van der Waals surface area (Å²) in [4.78, 5) is 0.409. The lowest BCUT2D eigenvalue weighted by Gasteiger charge is -2.54. The molecule has 2 fully saturated rings. The molecule has 0 aromatic heterocycles. The molecule has 6 heteroatoms. The van der Waals surface area contributed by atoms with E-state index in [1.807, 2.05) is 18.2 Å². The molecule has 1 aromatic rings. The third-order valence-corrected chi connectivity index (χ3v) is 10.6. The highest BCUT2D eigenvalue weighted by Gasteiger charge is 2.62. The molecule has 0 bridgehead atoms. The van der Waals surface area contributed by atoms with E-state index in [9.17, 15) is 8.42 Å². The van der Waals surface area contributed by atoms with Crippen molar-refractivity contribution in [1.82, 2.24) is 0 Å². The van der Waals surface area contributed by atoms with Gasteiger partial charge in [-0.25, -0.2) is 8.42 Å². The first-order valence-electron chi connectivity index (χ1n) is 12.5. The molecule has 1 aliphatic carbocycles. The van der Waals surface area contributed by atoms with Crippen molar-refractivity contribution in [3.63, 3.8) is 0 Å². The maximum absolute atomic E-state index is 14.2. The Morgan fingerprint density at radius 1 is 0.844 bits per heavy atom. The third kappa shape index (κ3) is 5.40. The van der Waals surface area contributed by atoms with E-state index in [0.717, 1.165) is 51.4 Å². The lowest BCUT2D eigenvalue weighted by molar-refractivity contribution is -0.199. The van der Waals surface area contributed by atoms with Gasteiger partial charge < -0.3 is 14.6 Å². The highest BCUT2D eigenvalue weighted by atomic mass is 32.2. The number of hydrogen-bond donors (Lipinski definition) is 1. The summed E-state index contributed by atoms with van der Waals surface area (Å²) in [7, 11) is -3.59. The summed E-state index contributed by atoms with van der Waals surface area (Å²) < 4.78 is 39.6. The van der Waals surface area contributed by atoms with Gasteiger partial charge in [0.15, 0.2) is 15.6 Å². The van der Waals surface area contributed by atoms with Crippen molar-refractivity contribution >= 4 is 9.84 Å². The van der Waals surface area contributed by atoms with Crippen molar-refractivity contribution in [3.05, 3.63) is 30.3 Å². The SMILES string of the molecule is CC1(C)CCC2(CC1(CCCCCCCCCCO)S(=O)(=O)c1ccccc1)OCCO2. The molecular weight excluding hydrogens is 424 g/mol. The maximum Gasteiger partial charge on any atom is 0.184 e. The number of sulfone groups is 1. The smallest absolute Gasteiger partial charge is 0.184 e. The molecule has 2 aliphatic rings. The lowest BCUT2D eigenvalue weighted by Crippen LogP contribution is -2.60. The van der Waals surface area contributed by atoms with Crippen molar-refractivity contribution in [2.75, 3.05) is 19.8 Å². The first-order chi connectivity index (χ1) is 15.3. The zero-order chi connectivity index (χ0) is 23.1. The normalized spacial score (nSPS) is 24.7. The largest absolute Gasteiger partial charge is 0.396 e. The Balaban J connectivity index is 1.76. The zero-order valence-electron chi connectivity index (χ0n) is 20.0. The zero-order valence-corrected chi connectivity index (χ0v) is 20.8. The molecule has 1 aromatic carbocycles. The van der Waals surface area contributed by atoms with Crippen LogP contribution in [-0.4, -0.2) is 43.9 Å². The summed E-state index contributed by atoms with van der Waals surface area (Å²) in [5.74, 6) is -0.760. The van der Waals surface area contributed by atoms with E-state index in [1.165, 1.54) is 12.8 Å².